The van der Waals surface area contributed by atoms with Crippen molar-refractivity contribution in [1.82, 2.24) is 15.1 Å². The normalized spacial score (nSPS) is 32.7. The Morgan fingerprint density at radius 1 is 0.677 bits per heavy atom. The molecule has 28 heteroatoms. The van der Waals surface area contributed by atoms with Crippen LogP contribution in [0.4, 0.5) is 16.2 Å². The standard InChI is InChI=1S/C37H52ClN3O10.C34H45ClN2O10S/c1-21-11-10-12-28(48-9)37(46)19-27(49-32(44)20-37)22(2)34-36(4,51-34)29(50-35(45)23(3)40(6)30(42)13-14-39-5)18-31(43)41(7)25-16-24(15-21)17-26(47-8)33(25)38;1-18-10-9-11-25(44-8)34(42)16-24(45-28(39)17-34)19(2)30-33(4,47-30)26(46-31(40)20(3)36(5)32(41)48)15-27(38)37(6)22-13-21(12-18)14-23(43-7)29(22)35/h10-12,16-17,22-23,27-29,34,39,46H,13-15,18-20H2,1-9H3;9-11,13-14,19-20,24-26,30,42H,12,15-17H2,1-8H3,(H,41,48)/b12-10+,21-11+;11-9+,18-10+/t22-,23+,27+,28-,29-,34+,36+,37-;19-,20+,24+,25-,26-,30+,33+,34-/m11/s1. The Hall–Kier alpha value is -6.59. The fourth-order valence-electron chi connectivity index (χ4n) is 13.3. The number of hydrogen-bond donors (Lipinski definition) is 4. The number of benzene rings is 2. The van der Waals surface area contributed by atoms with Crippen molar-refractivity contribution in [2.75, 3.05) is 80.0 Å². The van der Waals surface area contributed by atoms with E-state index in [2.05, 4.69) is 17.9 Å². The van der Waals surface area contributed by atoms with Gasteiger partial charge in [-0.25, -0.2) is 9.59 Å². The molecule has 4 fully saturated rings. The van der Waals surface area contributed by atoms with Gasteiger partial charge < -0.3 is 82.5 Å². The third-order valence-corrected chi connectivity index (χ3v) is 21.1. The van der Waals surface area contributed by atoms with Crippen LogP contribution in [0.15, 0.2) is 71.9 Å². The summed E-state index contributed by atoms with van der Waals surface area (Å²) in [5.41, 5.74) is -1.19. The van der Waals surface area contributed by atoms with Gasteiger partial charge in [0.1, 0.15) is 92.7 Å². The zero-order chi connectivity index (χ0) is 73.6. The minimum Gasteiger partial charge on any atom is -0.495 e. The molecule has 0 radical (unpaired) electrons. The minimum absolute atomic E-state index is 0.0591. The lowest BCUT2D eigenvalue weighted by molar-refractivity contribution is -0.188. The van der Waals surface area contributed by atoms with Crippen molar-refractivity contribution in [3.05, 3.63) is 93.0 Å². The zero-order valence-corrected chi connectivity index (χ0v) is 61.9. The Kier molecular flexibility index (Phi) is 26.6. The van der Waals surface area contributed by atoms with Crippen LogP contribution in [0.1, 0.15) is 111 Å². The highest BCUT2D eigenvalue weighted by molar-refractivity contribution is 7.96. The monoisotopic (exact) mass is 1440 g/mol. The van der Waals surface area contributed by atoms with Crippen molar-refractivity contribution in [2.45, 2.75) is 196 Å². The van der Waals surface area contributed by atoms with Gasteiger partial charge in [0.05, 0.1) is 63.5 Å². The molecule has 16 atom stereocenters. The number of anilines is 2. The first-order valence-electron chi connectivity index (χ1n) is 32.9. The summed E-state index contributed by atoms with van der Waals surface area (Å²) in [7, 11) is 13.7. The van der Waals surface area contributed by atoms with Gasteiger partial charge in [-0.1, -0.05) is 97.3 Å². The SMILES string of the molecule is CNCCC(=O)N(C)[C@@H](C)C(=O)O[C@@H]1CC(=O)N(C)c2cc(cc(OC)c2Cl)C/C(C)=C/C=C/[C@@H](OC)[C@]2(O)CC(=O)O[C@@H](C2)[C@@H](C)[C@@H]2O[C@@]12C.COc1cc2cc(c1Cl)N(C)C(=O)C[C@@H](OC(=O)[C@H](C)N(C)C(=O)S)[C@]1(C)O[C@H]1[C@H](C)[C@@H]1C[C@@](O)(CC(=O)O1)[C@H](OC)/C=C/C=C(\C)C2. The van der Waals surface area contributed by atoms with Gasteiger partial charge in [0.2, 0.25) is 17.7 Å². The molecule has 0 saturated carbocycles. The second kappa shape index (κ2) is 33.0. The molecule has 6 aliphatic rings. The number of carbonyl (C=O) groups excluding carboxylic acids is 8. The molecule has 0 spiro atoms. The van der Waals surface area contributed by atoms with Gasteiger partial charge in [-0.2, -0.15) is 0 Å². The summed E-state index contributed by atoms with van der Waals surface area (Å²) in [5.74, 6) is -3.97. The number of aliphatic hydroxyl groups is 2. The number of esters is 4. The van der Waals surface area contributed by atoms with E-state index in [0.717, 1.165) is 27.2 Å². The summed E-state index contributed by atoms with van der Waals surface area (Å²) in [6.45, 7) is 14.4. The Labute approximate surface area is 595 Å². The highest BCUT2D eigenvalue weighted by atomic mass is 35.5. The minimum atomic E-state index is -1.57. The van der Waals surface area contributed by atoms with E-state index in [9.17, 15) is 48.6 Å². The van der Waals surface area contributed by atoms with Crippen molar-refractivity contribution in [3.8, 4) is 11.5 Å². The number of allylic oxidation sites excluding steroid dienone is 6. The summed E-state index contributed by atoms with van der Waals surface area (Å²) in [4.78, 5) is 111. The number of ether oxygens (including phenoxy) is 10. The van der Waals surface area contributed by atoms with E-state index in [-0.39, 0.29) is 60.9 Å². The third kappa shape index (κ3) is 18.4. The first kappa shape index (κ1) is 79.7. The van der Waals surface area contributed by atoms with Gasteiger partial charge in [-0.05, 0) is 96.8 Å². The molecule has 8 bridgehead atoms. The van der Waals surface area contributed by atoms with Crippen LogP contribution < -0.4 is 24.6 Å². The van der Waals surface area contributed by atoms with E-state index in [1.54, 1.807) is 90.5 Å². The molecule has 3 N–H and O–H groups in total. The van der Waals surface area contributed by atoms with Crippen molar-refractivity contribution in [2.24, 2.45) is 11.8 Å². The lowest BCUT2D eigenvalue weighted by Gasteiger charge is -2.41. The van der Waals surface area contributed by atoms with Crippen LogP contribution in [0.25, 0.3) is 0 Å². The van der Waals surface area contributed by atoms with Gasteiger partial charge in [0.25, 0.3) is 5.24 Å². The topological polar surface area (TPSA) is 301 Å². The number of thiol groups is 1. The van der Waals surface area contributed by atoms with Crippen LogP contribution in [-0.4, -0.2) is 220 Å². The van der Waals surface area contributed by atoms with E-state index in [1.807, 2.05) is 39.8 Å². The first-order chi connectivity index (χ1) is 46.4. The number of amides is 4. The molecule has 6 heterocycles. The number of nitrogens with zero attached hydrogens (tertiary/aromatic N) is 4. The number of rotatable bonds is 13. The lowest BCUT2D eigenvalue weighted by atomic mass is 9.78. The fraction of sp³-hybridized carbons (Fsp3) is 0.606. The van der Waals surface area contributed by atoms with Crippen LogP contribution in [0, 0.1) is 11.8 Å². The summed E-state index contributed by atoms with van der Waals surface area (Å²) in [5, 5.41) is 26.3. The average molecular weight is 1440 g/mol. The summed E-state index contributed by atoms with van der Waals surface area (Å²) in [6, 6.07) is 5.21. The van der Waals surface area contributed by atoms with Crippen LogP contribution >= 0.6 is 35.8 Å². The van der Waals surface area contributed by atoms with Crippen molar-refractivity contribution in [1.29, 1.82) is 0 Å². The number of halogens is 2. The molecule has 4 saturated heterocycles. The zero-order valence-electron chi connectivity index (χ0n) is 59.5. The van der Waals surface area contributed by atoms with E-state index < -0.39 is 136 Å². The average Bonchev–Trinajstić information content (AvgIpc) is 1.58. The maximum absolute atomic E-state index is 14.1. The van der Waals surface area contributed by atoms with Crippen LogP contribution in [0.2, 0.25) is 10.0 Å². The van der Waals surface area contributed by atoms with Gasteiger partial charge >= 0.3 is 23.9 Å². The second-order valence-corrected chi connectivity index (χ2v) is 28.3. The highest BCUT2D eigenvalue weighted by Gasteiger charge is 2.66. The summed E-state index contributed by atoms with van der Waals surface area (Å²) >= 11 is 17.3. The maximum atomic E-state index is 14.1. The molecule has 2 aromatic rings. The lowest BCUT2D eigenvalue weighted by Crippen LogP contribution is -2.53. The summed E-state index contributed by atoms with van der Waals surface area (Å²) in [6.07, 6.45) is 4.17. The number of hydrogen-bond acceptors (Lipinski definition) is 21. The molecule has 25 nitrogen and oxygen atoms in total. The number of epoxide rings is 2. The van der Waals surface area contributed by atoms with Gasteiger partial charge in [0, 0.05) is 80.1 Å². The number of nitrogens with one attached hydrogen (secondary N) is 1. The molecular weight excluding hydrogens is 1350 g/mol. The number of methoxy groups -OCH3 is 4. The van der Waals surface area contributed by atoms with Gasteiger partial charge in [0.15, 0.2) is 0 Å². The van der Waals surface area contributed by atoms with Crippen molar-refractivity contribution >= 4 is 94.0 Å². The van der Waals surface area contributed by atoms with Crippen molar-refractivity contribution in [3.63, 3.8) is 0 Å². The molecular formula is C71H97Cl2N5O20S. The predicted molar refractivity (Wildman–Crippen MR) is 372 cm³/mol. The van der Waals surface area contributed by atoms with E-state index >= 15 is 0 Å². The fourth-order valence-corrected chi connectivity index (χ4v) is 14.1. The van der Waals surface area contributed by atoms with Gasteiger partial charge in [-0.3, -0.25) is 28.8 Å². The third-order valence-electron chi connectivity index (χ3n) is 20.1. The van der Waals surface area contributed by atoms with Crippen LogP contribution in [0.3, 0.4) is 0 Å². The van der Waals surface area contributed by atoms with Gasteiger partial charge in [-0.15, -0.1) is 0 Å². The van der Waals surface area contributed by atoms with Crippen LogP contribution in [-0.2, 0) is 84.3 Å². The molecule has 8 rings (SSSR count). The number of carbonyl (C=O) groups is 8. The molecule has 6 aliphatic heterocycles. The molecule has 2 aromatic carbocycles. The van der Waals surface area contributed by atoms with E-state index in [0.29, 0.717) is 42.3 Å². The Morgan fingerprint density at radius 2 is 1.06 bits per heavy atom. The maximum Gasteiger partial charge on any atom is 0.328 e. The highest BCUT2D eigenvalue weighted by Crippen LogP contribution is 2.52. The Bertz CT molecular complexity index is 3500. The number of fused-ring (bicyclic) bond motifs is 10. The Balaban J connectivity index is 0.000000279. The molecule has 546 valence electrons. The predicted octanol–water partition coefficient (Wildman–Crippen LogP) is 7.66. The second-order valence-electron chi connectivity index (χ2n) is 27.2. The molecule has 0 unspecified atom stereocenters. The first-order valence-corrected chi connectivity index (χ1v) is 34.1. The van der Waals surface area contributed by atoms with Crippen molar-refractivity contribution < 1.29 is 95.9 Å². The largest absolute Gasteiger partial charge is 0.495 e. The summed E-state index contributed by atoms with van der Waals surface area (Å²) < 4.78 is 58.4. The van der Waals surface area contributed by atoms with E-state index in [1.165, 1.54) is 64.2 Å². The molecule has 0 aromatic heterocycles. The molecule has 0 aliphatic carbocycles. The molecule has 4 amide bonds. The Morgan fingerprint density at radius 3 is 1.41 bits per heavy atom. The smallest absolute Gasteiger partial charge is 0.328 e. The quantitative estimate of drug-likeness (QED) is 0.0647. The number of likely N-dealkylation sites (N-methyl/N-ethyl adjacent to an activating group) is 2. The molecule has 99 heavy (non-hydrogen) atoms. The van der Waals surface area contributed by atoms with Crippen LogP contribution in [0.5, 0.6) is 11.5 Å². The van der Waals surface area contributed by atoms with E-state index in [4.69, 9.17) is 70.6 Å².